The summed E-state index contributed by atoms with van der Waals surface area (Å²) in [5.41, 5.74) is 0.631. The van der Waals surface area contributed by atoms with Crippen molar-refractivity contribution in [3.63, 3.8) is 0 Å². The largest absolute Gasteiger partial charge is 0.384 e. The minimum atomic E-state index is -0.412. The van der Waals surface area contributed by atoms with Crippen molar-refractivity contribution < 1.29 is 14.3 Å². The Morgan fingerprint density at radius 3 is 3.04 bits per heavy atom. The minimum absolute atomic E-state index is 0.0825. The molecule has 1 spiro atoms. The number of methoxy groups -OCH3 is 1. The van der Waals surface area contributed by atoms with Gasteiger partial charge in [-0.15, -0.1) is 0 Å². The van der Waals surface area contributed by atoms with Gasteiger partial charge in [-0.1, -0.05) is 13.0 Å². The van der Waals surface area contributed by atoms with E-state index in [-0.39, 0.29) is 17.7 Å². The summed E-state index contributed by atoms with van der Waals surface area (Å²) in [6, 6.07) is 3.88. The van der Waals surface area contributed by atoms with E-state index in [9.17, 15) is 9.59 Å². The summed E-state index contributed by atoms with van der Waals surface area (Å²) in [6.07, 6.45) is 4.74. The average molecular weight is 331 g/mol. The molecule has 2 amide bonds. The molecule has 6 heteroatoms. The maximum atomic E-state index is 13.1. The van der Waals surface area contributed by atoms with Crippen molar-refractivity contribution in [3.8, 4) is 0 Å². The lowest BCUT2D eigenvalue weighted by molar-refractivity contribution is -0.138. The fourth-order valence-corrected chi connectivity index (χ4v) is 3.93. The van der Waals surface area contributed by atoms with Crippen molar-refractivity contribution in [3.05, 3.63) is 30.1 Å². The molecule has 1 aromatic rings. The molecule has 2 aliphatic heterocycles. The number of pyridine rings is 1. The fraction of sp³-hybridized carbons (Fsp3) is 0.611. The summed E-state index contributed by atoms with van der Waals surface area (Å²) in [5.74, 6) is 0.454. The van der Waals surface area contributed by atoms with Gasteiger partial charge in [0.15, 0.2) is 0 Å². The van der Waals surface area contributed by atoms with Crippen LogP contribution in [0.25, 0.3) is 0 Å². The van der Waals surface area contributed by atoms with E-state index in [1.54, 1.807) is 19.5 Å². The SMILES string of the molecule is COCCC(=O)N1C[C@@H](C)[C@@]2(CCN(Cc3cccnc3)C2=O)C1. The van der Waals surface area contributed by atoms with Gasteiger partial charge >= 0.3 is 0 Å². The molecule has 2 saturated heterocycles. The Balaban J connectivity index is 1.68. The number of hydrogen-bond acceptors (Lipinski definition) is 4. The first-order valence-corrected chi connectivity index (χ1v) is 8.52. The van der Waals surface area contributed by atoms with Crippen LogP contribution in [0.5, 0.6) is 0 Å². The third kappa shape index (κ3) is 3.02. The quantitative estimate of drug-likeness (QED) is 0.816. The van der Waals surface area contributed by atoms with Crippen LogP contribution in [0.15, 0.2) is 24.5 Å². The summed E-state index contributed by atoms with van der Waals surface area (Å²) in [6.45, 7) is 5.07. The van der Waals surface area contributed by atoms with Crippen molar-refractivity contribution in [1.29, 1.82) is 0 Å². The molecule has 0 aliphatic carbocycles. The highest BCUT2D eigenvalue weighted by Crippen LogP contribution is 2.45. The highest BCUT2D eigenvalue weighted by atomic mass is 16.5. The zero-order valence-electron chi connectivity index (χ0n) is 14.4. The van der Waals surface area contributed by atoms with Crippen LogP contribution in [0.2, 0.25) is 0 Å². The predicted molar refractivity (Wildman–Crippen MR) is 88.9 cm³/mol. The molecule has 24 heavy (non-hydrogen) atoms. The van der Waals surface area contributed by atoms with Crippen LogP contribution in [-0.2, 0) is 20.9 Å². The van der Waals surface area contributed by atoms with E-state index < -0.39 is 5.41 Å². The number of carbonyl (C=O) groups is 2. The Hall–Kier alpha value is -1.95. The number of amides is 2. The third-order valence-electron chi connectivity index (χ3n) is 5.42. The van der Waals surface area contributed by atoms with E-state index in [0.717, 1.165) is 18.5 Å². The van der Waals surface area contributed by atoms with Gasteiger partial charge in [-0.05, 0) is 24.0 Å². The molecule has 2 atom stereocenters. The Kier molecular flexibility index (Phi) is 4.85. The smallest absolute Gasteiger partial charge is 0.231 e. The zero-order valence-corrected chi connectivity index (χ0v) is 14.4. The predicted octanol–water partition coefficient (Wildman–Crippen LogP) is 1.32. The summed E-state index contributed by atoms with van der Waals surface area (Å²) < 4.78 is 4.99. The van der Waals surface area contributed by atoms with Crippen molar-refractivity contribution in [1.82, 2.24) is 14.8 Å². The summed E-state index contributed by atoms with van der Waals surface area (Å²) in [7, 11) is 1.60. The van der Waals surface area contributed by atoms with Gasteiger partial charge in [0.2, 0.25) is 11.8 Å². The molecule has 0 aromatic carbocycles. The van der Waals surface area contributed by atoms with E-state index in [1.165, 1.54) is 0 Å². The monoisotopic (exact) mass is 331 g/mol. The number of aromatic nitrogens is 1. The first-order valence-electron chi connectivity index (χ1n) is 8.52. The topological polar surface area (TPSA) is 62.7 Å². The third-order valence-corrected chi connectivity index (χ3v) is 5.42. The molecule has 0 unspecified atom stereocenters. The lowest BCUT2D eigenvalue weighted by Crippen LogP contribution is -2.40. The molecule has 3 heterocycles. The molecule has 3 rings (SSSR count). The van der Waals surface area contributed by atoms with Crippen molar-refractivity contribution in [2.24, 2.45) is 11.3 Å². The molecular weight excluding hydrogens is 306 g/mol. The maximum absolute atomic E-state index is 13.1. The highest BCUT2D eigenvalue weighted by molar-refractivity contribution is 5.87. The van der Waals surface area contributed by atoms with Crippen LogP contribution in [0.1, 0.15) is 25.3 Å². The molecule has 1 aromatic heterocycles. The highest BCUT2D eigenvalue weighted by Gasteiger charge is 2.55. The number of hydrogen-bond donors (Lipinski definition) is 0. The van der Waals surface area contributed by atoms with Crippen molar-refractivity contribution >= 4 is 11.8 Å². The number of ether oxygens (including phenoxy) is 1. The van der Waals surface area contributed by atoms with Gasteiger partial charge in [0.05, 0.1) is 18.4 Å². The van der Waals surface area contributed by atoms with Crippen LogP contribution in [0, 0.1) is 11.3 Å². The van der Waals surface area contributed by atoms with Crippen molar-refractivity contribution in [2.75, 3.05) is 33.4 Å². The number of likely N-dealkylation sites (tertiary alicyclic amines) is 2. The lowest BCUT2D eigenvalue weighted by Gasteiger charge is -2.26. The van der Waals surface area contributed by atoms with E-state index >= 15 is 0 Å². The van der Waals surface area contributed by atoms with E-state index in [0.29, 0.717) is 32.7 Å². The second kappa shape index (κ2) is 6.89. The molecule has 0 saturated carbocycles. The molecule has 0 bridgehead atoms. The summed E-state index contributed by atoms with van der Waals surface area (Å²) >= 11 is 0. The van der Waals surface area contributed by atoms with Gasteiger partial charge in [0, 0.05) is 45.7 Å². The van der Waals surface area contributed by atoms with Gasteiger partial charge in [-0.25, -0.2) is 0 Å². The maximum Gasteiger partial charge on any atom is 0.231 e. The van der Waals surface area contributed by atoms with Crippen molar-refractivity contribution in [2.45, 2.75) is 26.3 Å². The van der Waals surface area contributed by atoms with Crippen LogP contribution < -0.4 is 0 Å². The number of nitrogens with zero attached hydrogens (tertiary/aromatic N) is 3. The van der Waals surface area contributed by atoms with Gasteiger partial charge in [-0.2, -0.15) is 0 Å². The average Bonchev–Trinajstić information content (AvgIpc) is 3.09. The summed E-state index contributed by atoms with van der Waals surface area (Å²) in [5, 5.41) is 0. The van der Waals surface area contributed by atoms with Gasteiger partial charge < -0.3 is 14.5 Å². The Morgan fingerprint density at radius 2 is 2.33 bits per heavy atom. The molecule has 0 N–H and O–H groups in total. The van der Waals surface area contributed by atoms with Crippen LogP contribution >= 0.6 is 0 Å². The summed E-state index contributed by atoms with van der Waals surface area (Å²) in [4.78, 5) is 33.2. The fourth-order valence-electron chi connectivity index (χ4n) is 3.93. The zero-order chi connectivity index (χ0) is 17.2. The number of carbonyl (C=O) groups excluding carboxylic acids is 2. The normalized spacial score (nSPS) is 26.6. The van der Waals surface area contributed by atoms with Gasteiger partial charge in [0.1, 0.15) is 0 Å². The minimum Gasteiger partial charge on any atom is -0.384 e. The van der Waals surface area contributed by atoms with Crippen LogP contribution in [-0.4, -0.2) is 59.9 Å². The lowest BCUT2D eigenvalue weighted by atomic mass is 9.78. The van der Waals surface area contributed by atoms with E-state index in [4.69, 9.17) is 4.74 Å². The molecule has 6 nitrogen and oxygen atoms in total. The first-order chi connectivity index (χ1) is 11.6. The second-order valence-corrected chi connectivity index (χ2v) is 6.91. The Bertz CT molecular complexity index is 607. The first kappa shape index (κ1) is 16.9. The van der Waals surface area contributed by atoms with Gasteiger partial charge in [-0.3, -0.25) is 14.6 Å². The molecule has 0 radical (unpaired) electrons. The van der Waals surface area contributed by atoms with Crippen LogP contribution in [0.4, 0.5) is 0 Å². The molecule has 130 valence electrons. The molecular formula is C18H25N3O3. The number of rotatable bonds is 5. The molecule has 2 aliphatic rings. The Morgan fingerprint density at radius 1 is 1.50 bits per heavy atom. The van der Waals surface area contributed by atoms with E-state index in [1.807, 2.05) is 21.9 Å². The van der Waals surface area contributed by atoms with Gasteiger partial charge in [0.25, 0.3) is 0 Å². The van der Waals surface area contributed by atoms with E-state index in [2.05, 4.69) is 11.9 Å². The second-order valence-electron chi connectivity index (χ2n) is 6.91. The van der Waals surface area contributed by atoms with Crippen LogP contribution in [0.3, 0.4) is 0 Å². The Labute approximate surface area is 142 Å². The standard InChI is InChI=1S/C18H25N3O3/c1-14-11-21(16(22)5-9-24-2)13-18(14)6-8-20(17(18)23)12-15-4-3-7-19-10-15/h3-4,7,10,14H,5-6,8-9,11-13H2,1-2H3/t14-,18-/m1/s1. The molecule has 2 fully saturated rings.